The summed E-state index contributed by atoms with van der Waals surface area (Å²) >= 11 is 2.07. The molecule has 0 amide bonds. The minimum atomic E-state index is 0.618. The van der Waals surface area contributed by atoms with E-state index in [0.717, 1.165) is 11.8 Å². The number of fused-ring (bicyclic) bond motifs is 1. The second-order valence-corrected chi connectivity index (χ2v) is 7.48. The lowest BCUT2D eigenvalue weighted by atomic mass is 9.99. The van der Waals surface area contributed by atoms with E-state index in [4.69, 9.17) is 0 Å². The third-order valence-electron chi connectivity index (χ3n) is 4.93. The average Bonchev–Trinajstić information content (AvgIpc) is 3.20. The van der Waals surface area contributed by atoms with Crippen molar-refractivity contribution in [2.75, 3.05) is 7.05 Å². The predicted octanol–water partition coefficient (Wildman–Crippen LogP) is 4.10. The summed E-state index contributed by atoms with van der Waals surface area (Å²) in [6.45, 7) is 0. The fourth-order valence-electron chi connectivity index (χ4n) is 3.78. The standard InChI is InChI=1S/C19H21NS/c1-20-19(16-12-15(16)13-7-3-2-4-8-13)18-11-14-9-5-6-10-17(14)21-18/h2-10,15-16,18-20H,11-12H2,1H3. The van der Waals surface area contributed by atoms with Crippen molar-refractivity contribution in [1.29, 1.82) is 0 Å². The molecule has 4 rings (SSSR count). The highest BCUT2D eigenvalue weighted by Gasteiger charge is 2.47. The van der Waals surface area contributed by atoms with Gasteiger partial charge in [-0.1, -0.05) is 48.5 Å². The van der Waals surface area contributed by atoms with Gasteiger partial charge in [0.25, 0.3) is 0 Å². The SMILES string of the molecule is CNC(C1Cc2ccccc2S1)C1CC1c1ccccc1. The zero-order valence-electron chi connectivity index (χ0n) is 12.3. The summed E-state index contributed by atoms with van der Waals surface area (Å²) in [5.41, 5.74) is 3.05. The van der Waals surface area contributed by atoms with Crippen LogP contribution in [0.5, 0.6) is 0 Å². The number of thioether (sulfide) groups is 1. The second kappa shape index (κ2) is 5.51. The van der Waals surface area contributed by atoms with Gasteiger partial charge in [0.2, 0.25) is 0 Å². The Kier molecular flexibility index (Phi) is 3.52. The van der Waals surface area contributed by atoms with E-state index in [1.54, 1.807) is 0 Å². The summed E-state index contributed by atoms with van der Waals surface area (Å²) < 4.78 is 0. The van der Waals surface area contributed by atoms with Crippen molar-refractivity contribution in [2.24, 2.45) is 5.92 Å². The molecule has 2 heteroatoms. The van der Waals surface area contributed by atoms with Crippen LogP contribution in [0.2, 0.25) is 0 Å². The molecule has 21 heavy (non-hydrogen) atoms. The number of hydrogen-bond acceptors (Lipinski definition) is 2. The molecule has 1 N–H and O–H groups in total. The molecule has 0 radical (unpaired) electrons. The molecule has 1 aliphatic heterocycles. The van der Waals surface area contributed by atoms with Gasteiger partial charge in [0, 0.05) is 16.2 Å². The monoisotopic (exact) mass is 295 g/mol. The zero-order chi connectivity index (χ0) is 14.2. The molecule has 1 saturated carbocycles. The maximum Gasteiger partial charge on any atom is 0.0292 e. The van der Waals surface area contributed by atoms with Crippen LogP contribution >= 0.6 is 11.8 Å². The highest BCUT2D eigenvalue weighted by molar-refractivity contribution is 8.00. The van der Waals surface area contributed by atoms with Crippen LogP contribution < -0.4 is 5.32 Å². The van der Waals surface area contributed by atoms with Crippen molar-refractivity contribution >= 4 is 11.8 Å². The number of rotatable bonds is 4. The Bertz CT molecular complexity index is 599. The van der Waals surface area contributed by atoms with Gasteiger partial charge in [-0.05, 0) is 48.9 Å². The number of nitrogens with one attached hydrogen (secondary N) is 1. The average molecular weight is 295 g/mol. The fraction of sp³-hybridized carbons (Fsp3) is 0.368. The van der Waals surface area contributed by atoms with Crippen LogP contribution in [0.3, 0.4) is 0 Å². The summed E-state index contributed by atoms with van der Waals surface area (Å²) in [5.74, 6) is 1.55. The summed E-state index contributed by atoms with van der Waals surface area (Å²) in [6, 6.07) is 20.5. The van der Waals surface area contributed by atoms with Crippen LogP contribution in [0.25, 0.3) is 0 Å². The summed E-state index contributed by atoms with van der Waals surface area (Å²) in [6.07, 6.45) is 2.55. The highest BCUT2D eigenvalue weighted by atomic mass is 32.2. The number of benzene rings is 2. The molecule has 1 fully saturated rings. The minimum absolute atomic E-state index is 0.618. The summed E-state index contributed by atoms with van der Waals surface area (Å²) in [7, 11) is 2.13. The van der Waals surface area contributed by atoms with Crippen molar-refractivity contribution in [3.8, 4) is 0 Å². The Morgan fingerprint density at radius 2 is 1.81 bits per heavy atom. The van der Waals surface area contributed by atoms with Gasteiger partial charge in [-0.3, -0.25) is 0 Å². The zero-order valence-corrected chi connectivity index (χ0v) is 13.1. The van der Waals surface area contributed by atoms with Crippen LogP contribution in [-0.2, 0) is 6.42 Å². The maximum absolute atomic E-state index is 3.62. The smallest absolute Gasteiger partial charge is 0.0292 e. The van der Waals surface area contributed by atoms with Crippen LogP contribution in [0.4, 0.5) is 0 Å². The normalized spacial score (nSPS) is 28.1. The van der Waals surface area contributed by atoms with E-state index < -0.39 is 0 Å². The van der Waals surface area contributed by atoms with Gasteiger partial charge in [0.15, 0.2) is 0 Å². The summed E-state index contributed by atoms with van der Waals surface area (Å²) in [4.78, 5) is 1.49. The molecule has 2 aromatic carbocycles. The molecule has 1 aliphatic carbocycles. The van der Waals surface area contributed by atoms with Crippen molar-refractivity contribution in [3.63, 3.8) is 0 Å². The second-order valence-electron chi connectivity index (χ2n) is 6.20. The summed E-state index contributed by atoms with van der Waals surface area (Å²) in [5, 5.41) is 4.31. The van der Waals surface area contributed by atoms with E-state index >= 15 is 0 Å². The first-order valence-corrected chi connectivity index (χ1v) is 8.71. The van der Waals surface area contributed by atoms with E-state index in [9.17, 15) is 0 Å². The Balaban J connectivity index is 1.48. The lowest BCUT2D eigenvalue weighted by Crippen LogP contribution is -2.38. The predicted molar refractivity (Wildman–Crippen MR) is 89.9 cm³/mol. The van der Waals surface area contributed by atoms with E-state index in [2.05, 4.69) is 78.7 Å². The molecule has 0 aromatic heterocycles. The molecule has 0 saturated heterocycles. The van der Waals surface area contributed by atoms with Gasteiger partial charge in [0.1, 0.15) is 0 Å². The van der Waals surface area contributed by atoms with Crippen molar-refractivity contribution in [3.05, 3.63) is 65.7 Å². The molecule has 108 valence electrons. The molecule has 2 aliphatic rings. The first-order chi connectivity index (χ1) is 10.4. The van der Waals surface area contributed by atoms with Gasteiger partial charge in [-0.15, -0.1) is 11.8 Å². The van der Waals surface area contributed by atoms with Gasteiger partial charge in [0.05, 0.1) is 0 Å². The molecule has 0 spiro atoms. The van der Waals surface area contributed by atoms with Crippen LogP contribution in [0.1, 0.15) is 23.5 Å². The van der Waals surface area contributed by atoms with E-state index in [1.165, 1.54) is 28.9 Å². The van der Waals surface area contributed by atoms with E-state index in [0.29, 0.717) is 11.3 Å². The van der Waals surface area contributed by atoms with Gasteiger partial charge in [-0.2, -0.15) is 0 Å². The molecule has 4 unspecified atom stereocenters. The topological polar surface area (TPSA) is 12.0 Å². The van der Waals surface area contributed by atoms with Gasteiger partial charge >= 0.3 is 0 Å². The fourth-order valence-corrected chi connectivity index (χ4v) is 5.31. The van der Waals surface area contributed by atoms with Gasteiger partial charge in [-0.25, -0.2) is 0 Å². The highest BCUT2D eigenvalue weighted by Crippen LogP contribution is 2.53. The minimum Gasteiger partial charge on any atom is -0.316 e. The molecule has 4 atom stereocenters. The Hall–Kier alpha value is -1.25. The molecule has 0 bridgehead atoms. The first kappa shape index (κ1) is 13.4. The quantitative estimate of drug-likeness (QED) is 0.911. The van der Waals surface area contributed by atoms with Crippen LogP contribution in [-0.4, -0.2) is 18.3 Å². The molecular formula is C19H21NS. The Morgan fingerprint density at radius 3 is 2.57 bits per heavy atom. The van der Waals surface area contributed by atoms with Crippen molar-refractivity contribution in [1.82, 2.24) is 5.32 Å². The largest absolute Gasteiger partial charge is 0.316 e. The van der Waals surface area contributed by atoms with Crippen LogP contribution in [0.15, 0.2) is 59.5 Å². The molecule has 2 aromatic rings. The lowest BCUT2D eigenvalue weighted by molar-refractivity contribution is 0.477. The van der Waals surface area contributed by atoms with Crippen LogP contribution in [0, 0.1) is 5.92 Å². The molecule has 1 heterocycles. The van der Waals surface area contributed by atoms with E-state index in [1.807, 2.05) is 0 Å². The first-order valence-electron chi connectivity index (χ1n) is 7.83. The van der Waals surface area contributed by atoms with E-state index in [-0.39, 0.29) is 0 Å². The lowest BCUT2D eigenvalue weighted by Gasteiger charge is -2.22. The van der Waals surface area contributed by atoms with Crippen molar-refractivity contribution in [2.45, 2.75) is 34.9 Å². The third kappa shape index (κ3) is 2.51. The Labute approximate surface area is 131 Å². The van der Waals surface area contributed by atoms with Gasteiger partial charge < -0.3 is 5.32 Å². The van der Waals surface area contributed by atoms with Crippen molar-refractivity contribution < 1.29 is 0 Å². The Morgan fingerprint density at radius 1 is 1.05 bits per heavy atom. The number of hydrogen-bond donors (Lipinski definition) is 1. The molecular weight excluding hydrogens is 274 g/mol. The maximum atomic E-state index is 3.62. The molecule has 1 nitrogen and oxygen atoms in total. The third-order valence-corrected chi connectivity index (χ3v) is 6.35.